The molecule has 2 heterocycles. The normalized spacial score (nSPS) is 35.0. The summed E-state index contributed by atoms with van der Waals surface area (Å²) in [5.41, 5.74) is -1.15. The number of ketones is 1. The van der Waals surface area contributed by atoms with Crippen LogP contribution in [0.1, 0.15) is 38.2 Å². The van der Waals surface area contributed by atoms with Crippen molar-refractivity contribution in [2.75, 3.05) is 34.9 Å². The number of hydrogen-bond donors (Lipinski definition) is 0. The number of hydrogen-bond acceptors (Lipinski definition) is 8. The molecule has 3 fully saturated rings. The number of rotatable bonds is 4. The molecule has 1 aromatic rings. The predicted molar refractivity (Wildman–Crippen MR) is 130 cm³/mol. The zero-order chi connectivity index (χ0) is 26.6. The monoisotopic (exact) mass is 566 g/mol. The number of imide groups is 2. The molecule has 2 aliphatic heterocycles. The van der Waals surface area contributed by atoms with Gasteiger partial charge in [-0.15, -0.1) is 0 Å². The lowest BCUT2D eigenvalue weighted by Crippen LogP contribution is -2.72. The lowest BCUT2D eigenvalue weighted by molar-refractivity contribution is -0.437. The molecule has 196 valence electrons. The number of urea groups is 1. The molecular weight excluding hydrogens is 536 g/mol. The van der Waals surface area contributed by atoms with Gasteiger partial charge < -0.3 is 18.9 Å². The minimum Gasteiger partial charge on any atom is -0.349 e. The Morgan fingerprint density at radius 2 is 1.58 bits per heavy atom. The fourth-order valence-electron chi connectivity index (χ4n) is 5.80. The minimum atomic E-state index is -1.78. The lowest BCUT2D eigenvalue weighted by atomic mass is 9.54. The lowest BCUT2D eigenvalue weighted by Gasteiger charge is -2.56. The van der Waals surface area contributed by atoms with Crippen LogP contribution in [0.5, 0.6) is 0 Å². The molecule has 4 amide bonds. The Hall–Kier alpha value is -2.18. The van der Waals surface area contributed by atoms with Crippen molar-refractivity contribution in [1.82, 2.24) is 9.80 Å². The molecule has 0 bridgehead atoms. The van der Waals surface area contributed by atoms with E-state index in [1.54, 1.807) is 32.0 Å². The Labute approximate surface area is 218 Å². The topological polar surface area (TPSA) is 112 Å². The second-order valence-corrected chi connectivity index (χ2v) is 10.7. The molecule has 1 saturated carbocycles. The molecular formula is C25H31BrN2O8. The maximum Gasteiger partial charge on any atom is 0.332 e. The third kappa shape index (κ3) is 3.75. The van der Waals surface area contributed by atoms with Gasteiger partial charge in [0.1, 0.15) is 11.2 Å². The summed E-state index contributed by atoms with van der Waals surface area (Å²) in [6.07, 6.45) is -1.03. The summed E-state index contributed by atoms with van der Waals surface area (Å²) in [4.78, 5) is 56.0. The molecule has 1 spiro atoms. The average molecular weight is 567 g/mol. The highest BCUT2D eigenvalue weighted by Crippen LogP contribution is 2.56. The second-order valence-electron chi connectivity index (χ2n) is 9.81. The first-order chi connectivity index (χ1) is 16.9. The summed E-state index contributed by atoms with van der Waals surface area (Å²) in [6.45, 7) is 3.24. The van der Waals surface area contributed by atoms with Crippen LogP contribution < -0.4 is 0 Å². The predicted octanol–water partition coefficient (Wildman–Crippen LogP) is 2.69. The largest absolute Gasteiger partial charge is 0.349 e. The number of barbiturate groups is 1. The van der Waals surface area contributed by atoms with Crippen molar-refractivity contribution in [3.8, 4) is 0 Å². The Morgan fingerprint density at radius 3 is 2.14 bits per heavy atom. The van der Waals surface area contributed by atoms with Gasteiger partial charge in [-0.2, -0.15) is 0 Å². The van der Waals surface area contributed by atoms with Crippen molar-refractivity contribution in [3.05, 3.63) is 34.3 Å². The number of carbonyl (C=O) groups is 4. The van der Waals surface area contributed by atoms with Crippen molar-refractivity contribution in [3.63, 3.8) is 0 Å². The van der Waals surface area contributed by atoms with E-state index in [-0.39, 0.29) is 25.2 Å². The third-order valence-electron chi connectivity index (χ3n) is 8.11. The number of Topliss-reactive ketones (excluding diaryl/α,β-unsaturated/α-hetero) is 1. The molecule has 0 aromatic heterocycles. The molecule has 10 nitrogen and oxygen atoms in total. The Morgan fingerprint density at radius 1 is 0.972 bits per heavy atom. The van der Waals surface area contributed by atoms with E-state index in [9.17, 15) is 19.2 Å². The van der Waals surface area contributed by atoms with Crippen LogP contribution in [-0.4, -0.2) is 86.0 Å². The van der Waals surface area contributed by atoms with Gasteiger partial charge in [-0.25, -0.2) is 4.79 Å². The number of carbonyl (C=O) groups excluding carboxylic acids is 4. The highest BCUT2D eigenvalue weighted by atomic mass is 79.9. The fourth-order valence-corrected chi connectivity index (χ4v) is 6.22. The number of benzene rings is 1. The van der Waals surface area contributed by atoms with Gasteiger partial charge in [0.15, 0.2) is 0 Å². The molecule has 4 rings (SSSR count). The van der Waals surface area contributed by atoms with E-state index in [0.717, 1.165) is 14.3 Å². The summed E-state index contributed by atoms with van der Waals surface area (Å²) in [5.74, 6) is -5.91. The van der Waals surface area contributed by atoms with Crippen LogP contribution >= 0.6 is 15.9 Å². The maximum atomic E-state index is 14.1. The number of halogens is 1. The molecule has 1 aromatic carbocycles. The molecule has 0 radical (unpaired) electrons. The van der Waals surface area contributed by atoms with Gasteiger partial charge in [0.2, 0.25) is 23.4 Å². The van der Waals surface area contributed by atoms with E-state index >= 15 is 0 Å². The van der Waals surface area contributed by atoms with Gasteiger partial charge in [-0.3, -0.25) is 24.2 Å². The van der Waals surface area contributed by atoms with Crippen molar-refractivity contribution in [2.24, 2.45) is 11.3 Å². The summed E-state index contributed by atoms with van der Waals surface area (Å²) >= 11 is 3.45. The SMILES string of the molecule is CO[C@]1(C)OC[C@H]([C@@H]2CC(=O)C[C@H](c3cccc(Br)c3)C23C(=O)N(C)C(=O)N(C)C3=O)O[C@@]1(C)OC. The average Bonchev–Trinajstić information content (AvgIpc) is 2.87. The van der Waals surface area contributed by atoms with Crippen molar-refractivity contribution in [1.29, 1.82) is 0 Å². The van der Waals surface area contributed by atoms with E-state index in [1.807, 2.05) is 6.07 Å². The Balaban J connectivity index is 1.92. The Bertz CT molecular complexity index is 1090. The van der Waals surface area contributed by atoms with Crippen LogP contribution in [0, 0.1) is 11.3 Å². The van der Waals surface area contributed by atoms with Crippen LogP contribution in [0.2, 0.25) is 0 Å². The zero-order valence-electron chi connectivity index (χ0n) is 21.2. The van der Waals surface area contributed by atoms with Crippen LogP contribution in [-0.2, 0) is 33.3 Å². The first-order valence-electron chi connectivity index (χ1n) is 11.7. The van der Waals surface area contributed by atoms with Crippen LogP contribution in [0.4, 0.5) is 4.79 Å². The molecule has 0 unspecified atom stereocenters. The molecule has 3 aliphatic rings. The highest BCUT2D eigenvalue weighted by molar-refractivity contribution is 9.10. The first-order valence-corrected chi connectivity index (χ1v) is 12.4. The van der Waals surface area contributed by atoms with Gasteiger partial charge in [0.25, 0.3) is 0 Å². The summed E-state index contributed by atoms with van der Waals surface area (Å²) in [6, 6.07) is 6.44. The third-order valence-corrected chi connectivity index (χ3v) is 8.60. The van der Waals surface area contributed by atoms with Crippen molar-refractivity contribution >= 4 is 39.6 Å². The molecule has 11 heteroatoms. The highest BCUT2D eigenvalue weighted by Gasteiger charge is 2.69. The maximum absolute atomic E-state index is 14.1. The van der Waals surface area contributed by atoms with Gasteiger partial charge in [0, 0.05) is 57.5 Å². The van der Waals surface area contributed by atoms with Gasteiger partial charge in [0.05, 0.1) is 12.7 Å². The van der Waals surface area contributed by atoms with Gasteiger partial charge >= 0.3 is 6.03 Å². The fraction of sp³-hybridized carbons (Fsp3) is 0.600. The molecule has 0 N–H and O–H groups in total. The van der Waals surface area contributed by atoms with Crippen molar-refractivity contribution in [2.45, 2.75) is 50.3 Å². The Kier molecular flexibility index (Phi) is 6.93. The van der Waals surface area contributed by atoms with E-state index in [1.165, 1.54) is 28.3 Å². The van der Waals surface area contributed by atoms with Crippen LogP contribution in [0.3, 0.4) is 0 Å². The van der Waals surface area contributed by atoms with E-state index in [4.69, 9.17) is 18.9 Å². The van der Waals surface area contributed by atoms with E-state index < -0.39 is 52.8 Å². The molecule has 36 heavy (non-hydrogen) atoms. The minimum absolute atomic E-state index is 0.0365. The van der Waals surface area contributed by atoms with E-state index in [2.05, 4.69) is 15.9 Å². The smallest absolute Gasteiger partial charge is 0.332 e. The number of amides is 4. The summed E-state index contributed by atoms with van der Waals surface area (Å²) in [7, 11) is 5.59. The zero-order valence-corrected chi connectivity index (χ0v) is 22.8. The summed E-state index contributed by atoms with van der Waals surface area (Å²) in [5, 5.41) is 0. The first kappa shape index (κ1) is 26.9. The number of ether oxygens (including phenoxy) is 4. The standard InChI is InChI=1S/C25H31BrN2O8/c1-23(33-5)24(2,34-6)36-19(13-35-23)18-12-16(29)11-17(14-8-7-9-15(26)10-14)25(18)20(30)27(3)22(32)28(4)21(25)31/h7-10,17-19H,11-13H2,1-6H3/t17-,18+,19-,23-,24-/m1/s1. The summed E-state index contributed by atoms with van der Waals surface area (Å²) < 4.78 is 24.3. The molecule has 5 atom stereocenters. The van der Waals surface area contributed by atoms with Crippen molar-refractivity contribution < 1.29 is 38.1 Å². The molecule has 1 aliphatic carbocycles. The number of methoxy groups -OCH3 is 2. The number of nitrogens with zero attached hydrogens (tertiary/aromatic N) is 2. The van der Waals surface area contributed by atoms with Gasteiger partial charge in [-0.05, 0) is 31.5 Å². The van der Waals surface area contributed by atoms with E-state index in [0.29, 0.717) is 5.56 Å². The second kappa shape index (κ2) is 9.29. The van der Waals surface area contributed by atoms with Gasteiger partial charge in [-0.1, -0.05) is 28.1 Å². The molecule has 2 saturated heterocycles. The van der Waals surface area contributed by atoms with Crippen LogP contribution in [0.15, 0.2) is 28.7 Å². The van der Waals surface area contributed by atoms with Crippen LogP contribution in [0.25, 0.3) is 0 Å². The quantitative estimate of drug-likeness (QED) is 0.511.